The van der Waals surface area contributed by atoms with Gasteiger partial charge in [-0.2, -0.15) is 0 Å². The number of nitrogens with one attached hydrogen (secondary N) is 1. The maximum Gasteiger partial charge on any atom is 0.341 e. The predicted octanol–water partition coefficient (Wildman–Crippen LogP) is 2.63. The molecule has 1 saturated heterocycles. The molecule has 26 heavy (non-hydrogen) atoms. The molecule has 0 spiro atoms. The maximum atomic E-state index is 10.8. The topological polar surface area (TPSA) is 87.6 Å². The number of para-hydroxylation sites is 1. The molecule has 0 radical (unpaired) electrons. The molecule has 7 nitrogen and oxygen atoms in total. The molecule has 0 amide bonds. The van der Waals surface area contributed by atoms with Gasteiger partial charge in [0.25, 0.3) is 0 Å². The number of nitrogens with zero attached hydrogens (tertiary/aromatic N) is 3. The van der Waals surface area contributed by atoms with Crippen LogP contribution in [0.3, 0.4) is 0 Å². The van der Waals surface area contributed by atoms with E-state index in [1.54, 1.807) is 0 Å². The molecule has 1 aromatic carbocycles. The highest BCUT2D eigenvalue weighted by atomic mass is 16.5. The number of ether oxygens (including phenoxy) is 1. The number of carboxylic acid groups (broad SMARTS) is 1. The van der Waals surface area contributed by atoms with Gasteiger partial charge < -0.3 is 15.2 Å². The molecule has 1 aliphatic heterocycles. The summed E-state index contributed by atoms with van der Waals surface area (Å²) in [5, 5.41) is 11.9. The van der Waals surface area contributed by atoms with E-state index in [0.29, 0.717) is 12.3 Å². The highest BCUT2D eigenvalue weighted by Crippen LogP contribution is 2.34. The monoisotopic (exact) mass is 356 g/mol. The summed E-state index contributed by atoms with van der Waals surface area (Å²) < 4.78 is 5.44. The zero-order valence-electron chi connectivity index (χ0n) is 15.1. The Labute approximate surface area is 153 Å². The number of hydrogen-bond acceptors (Lipinski definition) is 6. The number of aromatic nitrogens is 2. The van der Waals surface area contributed by atoms with Crippen molar-refractivity contribution in [2.45, 2.75) is 32.4 Å². The van der Waals surface area contributed by atoms with Gasteiger partial charge in [0, 0.05) is 25.2 Å². The summed E-state index contributed by atoms with van der Waals surface area (Å²) in [5.74, 6) is 1.22. The lowest BCUT2D eigenvalue weighted by Gasteiger charge is -2.25. The minimum Gasteiger partial charge on any atom is -0.482 e. The van der Waals surface area contributed by atoms with Crippen molar-refractivity contribution >= 4 is 11.8 Å². The van der Waals surface area contributed by atoms with E-state index in [1.807, 2.05) is 44.3 Å². The van der Waals surface area contributed by atoms with Crippen molar-refractivity contribution < 1.29 is 14.6 Å². The fraction of sp³-hybridized carbons (Fsp3) is 0.421. The van der Waals surface area contributed by atoms with Crippen molar-refractivity contribution in [1.29, 1.82) is 0 Å². The normalized spacial score (nSPS) is 17.2. The van der Waals surface area contributed by atoms with E-state index in [2.05, 4.69) is 20.2 Å². The van der Waals surface area contributed by atoms with Gasteiger partial charge in [-0.15, -0.1) is 0 Å². The van der Waals surface area contributed by atoms with E-state index in [4.69, 9.17) is 9.84 Å². The van der Waals surface area contributed by atoms with Crippen molar-refractivity contribution in [3.05, 3.63) is 47.4 Å². The van der Waals surface area contributed by atoms with E-state index in [-0.39, 0.29) is 12.6 Å². The van der Waals surface area contributed by atoms with Crippen molar-refractivity contribution in [2.75, 3.05) is 25.5 Å². The van der Waals surface area contributed by atoms with E-state index in [9.17, 15) is 4.79 Å². The van der Waals surface area contributed by atoms with Gasteiger partial charge in [0.15, 0.2) is 6.61 Å². The second kappa shape index (κ2) is 8.14. The van der Waals surface area contributed by atoms with Crippen LogP contribution in [-0.2, 0) is 11.3 Å². The standard InChI is InChI=1S/C19H24N4O3/c1-13-21-15(10-18(20-2)22-13)16-7-5-9-23(16)11-14-6-3-4-8-17(14)26-12-19(24)25/h3-4,6,8,10,16H,5,7,9,11-12H2,1-2H3,(H,24,25)(H,20,21,22). The van der Waals surface area contributed by atoms with Gasteiger partial charge in [0.2, 0.25) is 0 Å². The van der Waals surface area contributed by atoms with Crippen molar-refractivity contribution in [1.82, 2.24) is 14.9 Å². The van der Waals surface area contributed by atoms with Crippen LogP contribution >= 0.6 is 0 Å². The Balaban J connectivity index is 1.79. The number of aryl methyl sites for hydroxylation is 1. The highest BCUT2D eigenvalue weighted by Gasteiger charge is 2.28. The highest BCUT2D eigenvalue weighted by molar-refractivity contribution is 5.68. The molecule has 1 unspecified atom stereocenters. The summed E-state index contributed by atoms with van der Waals surface area (Å²) in [6.45, 7) is 3.23. The smallest absolute Gasteiger partial charge is 0.341 e. The molecule has 2 N–H and O–H groups in total. The first-order chi connectivity index (χ1) is 12.6. The SMILES string of the molecule is CNc1cc(C2CCCN2Cc2ccccc2OCC(=O)O)nc(C)n1. The Morgan fingerprint density at radius 1 is 1.38 bits per heavy atom. The summed E-state index contributed by atoms with van der Waals surface area (Å²) >= 11 is 0. The number of aliphatic carboxylic acids is 1. The van der Waals surface area contributed by atoms with Crippen LogP contribution in [0.5, 0.6) is 5.75 Å². The van der Waals surface area contributed by atoms with Crippen LogP contribution in [-0.4, -0.2) is 46.1 Å². The van der Waals surface area contributed by atoms with Gasteiger partial charge >= 0.3 is 5.97 Å². The van der Waals surface area contributed by atoms with E-state index in [1.165, 1.54) is 0 Å². The van der Waals surface area contributed by atoms with Crippen molar-refractivity contribution in [3.63, 3.8) is 0 Å². The Morgan fingerprint density at radius 3 is 2.96 bits per heavy atom. The molecule has 7 heteroatoms. The molecule has 138 valence electrons. The molecule has 0 saturated carbocycles. The molecule has 0 aliphatic carbocycles. The molecule has 3 rings (SSSR count). The third-order valence-electron chi connectivity index (χ3n) is 4.52. The van der Waals surface area contributed by atoms with Crippen LogP contribution in [0, 0.1) is 6.92 Å². The van der Waals surface area contributed by atoms with Crippen LogP contribution < -0.4 is 10.1 Å². The molecule has 0 bridgehead atoms. The Morgan fingerprint density at radius 2 is 2.19 bits per heavy atom. The molecular weight excluding hydrogens is 332 g/mol. The fourth-order valence-electron chi connectivity index (χ4n) is 3.37. The van der Waals surface area contributed by atoms with Crippen LogP contribution in [0.2, 0.25) is 0 Å². The average molecular weight is 356 g/mol. The zero-order valence-corrected chi connectivity index (χ0v) is 15.1. The number of benzene rings is 1. The first-order valence-corrected chi connectivity index (χ1v) is 8.76. The number of anilines is 1. The minimum atomic E-state index is -0.977. The predicted molar refractivity (Wildman–Crippen MR) is 98.3 cm³/mol. The van der Waals surface area contributed by atoms with Crippen LogP contribution in [0.15, 0.2) is 30.3 Å². The largest absolute Gasteiger partial charge is 0.482 e. The molecule has 2 heterocycles. The third kappa shape index (κ3) is 4.29. The third-order valence-corrected chi connectivity index (χ3v) is 4.52. The van der Waals surface area contributed by atoms with Crippen molar-refractivity contribution in [2.24, 2.45) is 0 Å². The fourth-order valence-corrected chi connectivity index (χ4v) is 3.37. The first kappa shape index (κ1) is 18.1. The van der Waals surface area contributed by atoms with E-state index in [0.717, 1.165) is 42.3 Å². The van der Waals surface area contributed by atoms with Crippen LogP contribution in [0.1, 0.15) is 36.0 Å². The number of likely N-dealkylation sites (tertiary alicyclic amines) is 1. The van der Waals surface area contributed by atoms with Crippen molar-refractivity contribution in [3.8, 4) is 5.75 Å². The molecule has 2 aromatic rings. The van der Waals surface area contributed by atoms with Crippen LogP contribution in [0.25, 0.3) is 0 Å². The molecular formula is C19H24N4O3. The quantitative estimate of drug-likeness (QED) is 0.788. The lowest BCUT2D eigenvalue weighted by Crippen LogP contribution is -2.24. The maximum absolute atomic E-state index is 10.8. The number of carboxylic acids is 1. The van der Waals surface area contributed by atoms with Crippen LogP contribution in [0.4, 0.5) is 5.82 Å². The second-order valence-corrected chi connectivity index (χ2v) is 6.39. The number of carbonyl (C=O) groups is 1. The van der Waals surface area contributed by atoms with Gasteiger partial charge in [0.05, 0.1) is 11.7 Å². The molecule has 1 fully saturated rings. The van der Waals surface area contributed by atoms with Gasteiger partial charge in [-0.1, -0.05) is 18.2 Å². The summed E-state index contributed by atoms with van der Waals surface area (Å²) in [4.78, 5) is 22.2. The van der Waals surface area contributed by atoms with Gasteiger partial charge in [0.1, 0.15) is 17.4 Å². The summed E-state index contributed by atoms with van der Waals surface area (Å²) in [5.41, 5.74) is 2.00. The summed E-state index contributed by atoms with van der Waals surface area (Å²) in [6.07, 6.45) is 2.14. The number of hydrogen-bond donors (Lipinski definition) is 2. The Kier molecular flexibility index (Phi) is 5.68. The Hall–Kier alpha value is -2.67. The lowest BCUT2D eigenvalue weighted by atomic mass is 10.1. The summed E-state index contributed by atoms with van der Waals surface area (Å²) in [6, 6.07) is 9.82. The molecule has 1 atom stereocenters. The number of rotatable bonds is 7. The van der Waals surface area contributed by atoms with E-state index < -0.39 is 5.97 Å². The minimum absolute atomic E-state index is 0.219. The average Bonchev–Trinajstić information content (AvgIpc) is 3.08. The first-order valence-electron chi connectivity index (χ1n) is 8.76. The summed E-state index contributed by atoms with van der Waals surface area (Å²) in [7, 11) is 1.86. The van der Waals surface area contributed by atoms with Gasteiger partial charge in [-0.05, 0) is 32.4 Å². The van der Waals surface area contributed by atoms with E-state index >= 15 is 0 Å². The molecule has 1 aliphatic rings. The van der Waals surface area contributed by atoms with Gasteiger partial charge in [-0.25, -0.2) is 14.8 Å². The van der Waals surface area contributed by atoms with Gasteiger partial charge in [-0.3, -0.25) is 4.90 Å². The lowest BCUT2D eigenvalue weighted by molar-refractivity contribution is -0.139. The zero-order chi connectivity index (χ0) is 18.5. The Bertz CT molecular complexity index is 781. The second-order valence-electron chi connectivity index (χ2n) is 6.39. The molecule has 1 aromatic heterocycles.